The fourth-order valence-electron chi connectivity index (χ4n) is 1.61. The van der Waals surface area contributed by atoms with Gasteiger partial charge in [0.05, 0.1) is 10.2 Å². The summed E-state index contributed by atoms with van der Waals surface area (Å²) in [7, 11) is 0. The quantitative estimate of drug-likeness (QED) is 0.577. The molecule has 4 heteroatoms. The minimum absolute atomic E-state index is 0.213. The van der Waals surface area contributed by atoms with Crippen molar-refractivity contribution in [1.82, 2.24) is 4.98 Å². The van der Waals surface area contributed by atoms with Crippen molar-refractivity contribution < 1.29 is 4.39 Å². The van der Waals surface area contributed by atoms with Gasteiger partial charge in [-0.3, -0.25) is 0 Å². The van der Waals surface area contributed by atoms with E-state index in [1.165, 1.54) is 27.0 Å². The summed E-state index contributed by atoms with van der Waals surface area (Å²) in [6, 6.07) is 12.9. The van der Waals surface area contributed by atoms with Gasteiger partial charge >= 0.3 is 0 Å². The van der Waals surface area contributed by atoms with E-state index < -0.39 is 0 Å². The number of thiazole rings is 1. The summed E-state index contributed by atoms with van der Waals surface area (Å²) < 4.78 is 15.2. The van der Waals surface area contributed by atoms with E-state index in [4.69, 9.17) is 0 Å². The lowest BCUT2D eigenvalue weighted by molar-refractivity contribution is 0.630. The Kier molecular flexibility index (Phi) is 2.84. The van der Waals surface area contributed by atoms with Crippen molar-refractivity contribution in [3.8, 4) is 10.6 Å². The molecule has 17 heavy (non-hydrogen) atoms. The molecule has 0 amide bonds. The Hall–Kier alpha value is -1.01. The number of benzene rings is 2. The summed E-state index contributed by atoms with van der Waals surface area (Å²) in [5.41, 5.74) is 1.93. The van der Waals surface area contributed by atoms with Crippen LogP contribution < -0.4 is 0 Å². The fourth-order valence-corrected chi connectivity index (χ4v) is 2.97. The van der Waals surface area contributed by atoms with Crippen LogP contribution in [0.15, 0.2) is 42.5 Å². The molecule has 2 aromatic carbocycles. The molecule has 0 saturated heterocycles. The van der Waals surface area contributed by atoms with Crippen LogP contribution in [0.5, 0.6) is 0 Å². The smallest absolute Gasteiger partial charge is 0.124 e. The molecule has 0 spiro atoms. The van der Waals surface area contributed by atoms with Crippen LogP contribution in [0.25, 0.3) is 20.8 Å². The molecule has 1 heterocycles. The number of aromatic nitrogens is 1. The lowest BCUT2D eigenvalue weighted by Gasteiger charge is -1.94. The molecule has 0 fully saturated rings. The van der Waals surface area contributed by atoms with Crippen molar-refractivity contribution in [2.75, 3.05) is 0 Å². The Morgan fingerprint density at radius 1 is 1.06 bits per heavy atom. The topological polar surface area (TPSA) is 12.9 Å². The molecular weight excluding hydrogens is 348 g/mol. The minimum atomic E-state index is -0.213. The van der Waals surface area contributed by atoms with Crippen LogP contribution in [-0.4, -0.2) is 4.98 Å². The molecule has 0 atom stereocenters. The highest BCUT2D eigenvalue weighted by molar-refractivity contribution is 14.1. The average molecular weight is 355 g/mol. The lowest BCUT2D eigenvalue weighted by Crippen LogP contribution is -1.76. The van der Waals surface area contributed by atoms with Gasteiger partial charge < -0.3 is 0 Å². The van der Waals surface area contributed by atoms with Crippen LogP contribution in [0.3, 0.4) is 0 Å². The molecule has 3 aromatic rings. The molecular formula is C13H7FINS. The zero-order valence-electron chi connectivity index (χ0n) is 8.65. The zero-order valence-corrected chi connectivity index (χ0v) is 11.6. The van der Waals surface area contributed by atoms with Crippen molar-refractivity contribution in [2.24, 2.45) is 0 Å². The summed E-state index contributed by atoms with van der Waals surface area (Å²) in [6.07, 6.45) is 0. The van der Waals surface area contributed by atoms with Gasteiger partial charge in [0.25, 0.3) is 0 Å². The normalized spacial score (nSPS) is 10.9. The summed E-state index contributed by atoms with van der Waals surface area (Å²) in [6.45, 7) is 0. The van der Waals surface area contributed by atoms with E-state index in [9.17, 15) is 4.39 Å². The van der Waals surface area contributed by atoms with Crippen molar-refractivity contribution in [3.05, 3.63) is 51.9 Å². The molecule has 0 aliphatic rings. The Bertz CT molecular complexity index is 675. The van der Waals surface area contributed by atoms with Crippen LogP contribution in [0, 0.1) is 9.39 Å². The fraction of sp³-hybridized carbons (Fsp3) is 0. The summed E-state index contributed by atoms with van der Waals surface area (Å²) in [4.78, 5) is 4.50. The van der Waals surface area contributed by atoms with Gasteiger partial charge in [-0.25, -0.2) is 9.37 Å². The highest BCUT2D eigenvalue weighted by Gasteiger charge is 2.06. The molecule has 1 nitrogen and oxygen atoms in total. The third-order valence-electron chi connectivity index (χ3n) is 2.44. The van der Waals surface area contributed by atoms with E-state index in [0.717, 1.165) is 20.8 Å². The zero-order chi connectivity index (χ0) is 11.8. The number of hydrogen-bond donors (Lipinski definition) is 0. The Morgan fingerprint density at radius 2 is 1.82 bits per heavy atom. The third kappa shape index (κ3) is 2.19. The molecule has 0 radical (unpaired) electrons. The van der Waals surface area contributed by atoms with Crippen LogP contribution in [0.4, 0.5) is 4.39 Å². The monoisotopic (exact) mass is 355 g/mol. The number of halogens is 2. The number of rotatable bonds is 1. The molecule has 0 aliphatic heterocycles. The predicted molar refractivity (Wildman–Crippen MR) is 77.7 cm³/mol. The molecule has 84 valence electrons. The van der Waals surface area contributed by atoms with Gasteiger partial charge in [-0.1, -0.05) is 12.1 Å². The molecule has 0 aliphatic carbocycles. The predicted octanol–water partition coefficient (Wildman–Crippen LogP) is 4.71. The van der Waals surface area contributed by atoms with Crippen molar-refractivity contribution >= 4 is 44.1 Å². The van der Waals surface area contributed by atoms with Gasteiger partial charge in [0.15, 0.2) is 0 Å². The van der Waals surface area contributed by atoms with E-state index in [0.29, 0.717) is 0 Å². The number of nitrogens with zero attached hydrogens (tertiary/aromatic N) is 1. The van der Waals surface area contributed by atoms with Gasteiger partial charge in [0.1, 0.15) is 10.8 Å². The Morgan fingerprint density at radius 3 is 2.59 bits per heavy atom. The first-order valence-corrected chi connectivity index (χ1v) is 6.94. The summed E-state index contributed by atoms with van der Waals surface area (Å²) in [5, 5.41) is 0.932. The maximum Gasteiger partial charge on any atom is 0.124 e. The first-order valence-electron chi connectivity index (χ1n) is 5.04. The van der Waals surface area contributed by atoms with Crippen LogP contribution in [-0.2, 0) is 0 Å². The molecule has 0 unspecified atom stereocenters. The van der Waals surface area contributed by atoms with Gasteiger partial charge in [-0.15, -0.1) is 11.3 Å². The van der Waals surface area contributed by atoms with Gasteiger partial charge in [0.2, 0.25) is 0 Å². The Labute approximate surface area is 115 Å². The second kappa shape index (κ2) is 4.34. The lowest BCUT2D eigenvalue weighted by atomic mass is 10.2. The van der Waals surface area contributed by atoms with Gasteiger partial charge in [-0.2, -0.15) is 0 Å². The van der Waals surface area contributed by atoms with Gasteiger partial charge in [0, 0.05) is 9.13 Å². The first-order chi connectivity index (χ1) is 8.22. The average Bonchev–Trinajstić information content (AvgIpc) is 2.72. The molecule has 0 bridgehead atoms. The van der Waals surface area contributed by atoms with E-state index in [2.05, 4.69) is 27.6 Å². The van der Waals surface area contributed by atoms with E-state index in [1.807, 2.05) is 24.3 Å². The minimum Gasteiger partial charge on any atom is -0.236 e. The second-order valence-electron chi connectivity index (χ2n) is 3.64. The Balaban J connectivity index is 2.14. The number of hydrogen-bond acceptors (Lipinski definition) is 2. The van der Waals surface area contributed by atoms with Crippen molar-refractivity contribution in [1.29, 1.82) is 0 Å². The van der Waals surface area contributed by atoms with Crippen LogP contribution in [0.1, 0.15) is 0 Å². The second-order valence-corrected chi connectivity index (χ2v) is 5.91. The molecule has 0 saturated carbocycles. The third-order valence-corrected chi connectivity index (χ3v) is 4.23. The number of fused-ring (bicyclic) bond motifs is 1. The molecule has 1 aromatic heterocycles. The molecule has 0 N–H and O–H groups in total. The van der Waals surface area contributed by atoms with Crippen molar-refractivity contribution in [3.63, 3.8) is 0 Å². The largest absolute Gasteiger partial charge is 0.236 e. The first kappa shape index (κ1) is 11.1. The van der Waals surface area contributed by atoms with Crippen LogP contribution in [0.2, 0.25) is 0 Å². The van der Waals surface area contributed by atoms with E-state index in [1.54, 1.807) is 6.07 Å². The standard InChI is InChI=1S/C13H7FINS/c14-9-3-6-11-12(7-9)17-13(16-11)8-1-4-10(15)5-2-8/h1-7H. The SMILES string of the molecule is Fc1ccc2nc(-c3ccc(I)cc3)sc2c1. The maximum atomic E-state index is 13.1. The van der Waals surface area contributed by atoms with Crippen LogP contribution >= 0.6 is 33.9 Å². The van der Waals surface area contributed by atoms with E-state index >= 15 is 0 Å². The summed E-state index contributed by atoms with van der Waals surface area (Å²) >= 11 is 3.78. The highest BCUT2D eigenvalue weighted by Crippen LogP contribution is 2.30. The summed E-state index contributed by atoms with van der Waals surface area (Å²) in [5.74, 6) is -0.213. The van der Waals surface area contributed by atoms with Crippen molar-refractivity contribution in [2.45, 2.75) is 0 Å². The van der Waals surface area contributed by atoms with Gasteiger partial charge in [-0.05, 0) is 52.9 Å². The maximum absolute atomic E-state index is 13.1. The van der Waals surface area contributed by atoms with E-state index in [-0.39, 0.29) is 5.82 Å². The molecule has 3 rings (SSSR count). The highest BCUT2D eigenvalue weighted by atomic mass is 127.